The molecule has 0 radical (unpaired) electrons. The molecule has 5 rings (SSSR count). The van der Waals surface area contributed by atoms with Crippen LogP contribution in [0.1, 0.15) is 47.0 Å². The normalized spacial score (nSPS) is 28.3. The van der Waals surface area contributed by atoms with Crippen LogP contribution in [-0.2, 0) is 19.1 Å². The summed E-state index contributed by atoms with van der Waals surface area (Å²) < 4.78 is 6.86. The average molecular weight is 588 g/mol. The topological polar surface area (TPSA) is 90.4 Å². The number of ether oxygens (including phenoxy) is 1. The Hall–Kier alpha value is -3.49. The fourth-order valence-electron chi connectivity index (χ4n) is 7.85. The van der Waals surface area contributed by atoms with Gasteiger partial charge >= 0.3 is 0 Å². The number of carbonyl (C=O) groups excluding carboxylic acids is 3. The molecule has 3 amide bonds. The van der Waals surface area contributed by atoms with Crippen molar-refractivity contribution < 1.29 is 24.2 Å². The number of rotatable bonds is 12. The SMILES string of the molecule is C=CCN(CCC)C(=O)[C@H]1[C@H]2C(=O)N([C@@H](CO)C(C)C)C(C(=O)N(CC=C)c3ccc4ccccc4c3)C23CC[C@]1(C)O3. The van der Waals surface area contributed by atoms with Gasteiger partial charge in [-0.05, 0) is 55.0 Å². The van der Waals surface area contributed by atoms with E-state index < -0.39 is 35.1 Å². The smallest absolute Gasteiger partial charge is 0.253 e. The van der Waals surface area contributed by atoms with Gasteiger partial charge in [-0.15, -0.1) is 13.2 Å². The molecule has 2 aromatic rings. The van der Waals surface area contributed by atoms with E-state index in [0.717, 1.165) is 17.2 Å². The number of fused-ring (bicyclic) bond motifs is 2. The lowest BCUT2D eigenvalue weighted by Gasteiger charge is -2.40. The molecule has 3 saturated heterocycles. The molecule has 3 heterocycles. The Labute approximate surface area is 255 Å². The standard InChI is InChI=1S/C35H45N3O5/c1-7-18-36(19-8-2)31(40)28-29-32(41)38(27(22-39)23(4)5)30(35(29)17-16-34(28,6)43-35)33(42)37(20-9-3)26-15-14-24-12-10-11-13-25(24)21-26/h7,9-15,21,23,27-30,39H,1,3,8,16-20,22H2,2,4-6H3/t27-,28+,29-,30?,34-,35?/m0/s1. The first-order chi connectivity index (χ1) is 20.6. The zero-order chi connectivity index (χ0) is 31.1. The lowest BCUT2D eigenvalue weighted by Crippen LogP contribution is -2.60. The van der Waals surface area contributed by atoms with Crippen LogP contribution in [0.15, 0.2) is 67.8 Å². The van der Waals surface area contributed by atoms with Crippen LogP contribution in [0.3, 0.4) is 0 Å². The summed E-state index contributed by atoms with van der Waals surface area (Å²) in [6.45, 7) is 16.4. The zero-order valence-corrected chi connectivity index (χ0v) is 25.9. The first kappa shape index (κ1) is 31.0. The monoisotopic (exact) mass is 587 g/mol. The number of hydrogen-bond acceptors (Lipinski definition) is 5. The molecule has 230 valence electrons. The second kappa shape index (κ2) is 11.9. The largest absolute Gasteiger partial charge is 0.394 e. The van der Waals surface area contributed by atoms with E-state index in [0.29, 0.717) is 31.6 Å². The molecule has 2 aromatic carbocycles. The Kier molecular flexibility index (Phi) is 8.56. The number of nitrogens with zero attached hydrogens (tertiary/aromatic N) is 3. The molecule has 2 bridgehead atoms. The van der Waals surface area contributed by atoms with E-state index in [2.05, 4.69) is 13.2 Å². The van der Waals surface area contributed by atoms with E-state index >= 15 is 0 Å². The molecule has 3 aliphatic rings. The summed E-state index contributed by atoms with van der Waals surface area (Å²) in [4.78, 5) is 48.7. The first-order valence-electron chi connectivity index (χ1n) is 15.5. The first-order valence-corrected chi connectivity index (χ1v) is 15.5. The van der Waals surface area contributed by atoms with Crippen molar-refractivity contribution >= 4 is 34.2 Å². The van der Waals surface area contributed by atoms with Crippen molar-refractivity contribution in [2.45, 2.75) is 70.2 Å². The fourth-order valence-corrected chi connectivity index (χ4v) is 7.85. The van der Waals surface area contributed by atoms with Crippen molar-refractivity contribution in [1.82, 2.24) is 9.80 Å². The van der Waals surface area contributed by atoms with Gasteiger partial charge in [-0.1, -0.05) is 63.3 Å². The van der Waals surface area contributed by atoms with Crippen LogP contribution in [-0.4, -0.2) is 82.2 Å². The second-order valence-electron chi connectivity index (χ2n) is 12.8. The van der Waals surface area contributed by atoms with Gasteiger partial charge in [0, 0.05) is 25.3 Å². The number of amides is 3. The van der Waals surface area contributed by atoms with E-state index in [1.54, 1.807) is 26.9 Å². The number of aliphatic hydroxyl groups excluding tert-OH is 1. The van der Waals surface area contributed by atoms with Gasteiger partial charge in [0.15, 0.2) is 0 Å². The summed E-state index contributed by atoms with van der Waals surface area (Å²) in [7, 11) is 0. The van der Waals surface area contributed by atoms with Gasteiger partial charge in [0.25, 0.3) is 5.91 Å². The maximum Gasteiger partial charge on any atom is 0.253 e. The number of aliphatic hydroxyl groups is 1. The highest BCUT2D eigenvalue weighted by Gasteiger charge is 2.79. The highest BCUT2D eigenvalue weighted by molar-refractivity contribution is 6.06. The predicted octanol–water partition coefficient (Wildman–Crippen LogP) is 4.57. The van der Waals surface area contributed by atoms with Crippen molar-refractivity contribution in [3.63, 3.8) is 0 Å². The third kappa shape index (κ3) is 4.89. The maximum absolute atomic E-state index is 14.9. The van der Waals surface area contributed by atoms with Crippen LogP contribution in [0.2, 0.25) is 0 Å². The molecule has 0 saturated carbocycles. The van der Waals surface area contributed by atoms with E-state index in [1.807, 2.05) is 70.2 Å². The lowest BCUT2D eigenvalue weighted by molar-refractivity contribution is -0.152. The molecule has 0 aromatic heterocycles. The Bertz CT molecular complexity index is 1420. The minimum Gasteiger partial charge on any atom is -0.394 e. The van der Waals surface area contributed by atoms with Gasteiger partial charge in [-0.25, -0.2) is 0 Å². The molecule has 2 unspecified atom stereocenters. The maximum atomic E-state index is 14.9. The zero-order valence-electron chi connectivity index (χ0n) is 25.9. The van der Waals surface area contributed by atoms with Crippen LogP contribution in [0.25, 0.3) is 10.8 Å². The number of benzene rings is 2. The Morgan fingerprint density at radius 1 is 1.09 bits per heavy atom. The summed E-state index contributed by atoms with van der Waals surface area (Å²) in [6, 6.07) is 12.2. The van der Waals surface area contributed by atoms with Crippen LogP contribution in [0, 0.1) is 17.8 Å². The van der Waals surface area contributed by atoms with Crippen molar-refractivity contribution in [3.8, 4) is 0 Å². The molecule has 1 spiro atoms. The predicted molar refractivity (Wildman–Crippen MR) is 168 cm³/mol. The van der Waals surface area contributed by atoms with E-state index in [4.69, 9.17) is 4.74 Å². The van der Waals surface area contributed by atoms with Gasteiger partial charge in [-0.3, -0.25) is 14.4 Å². The number of hydrogen-bond donors (Lipinski definition) is 1. The van der Waals surface area contributed by atoms with Gasteiger partial charge in [0.05, 0.1) is 30.1 Å². The summed E-state index contributed by atoms with van der Waals surface area (Å²) in [6.07, 6.45) is 5.17. The highest BCUT2D eigenvalue weighted by Crippen LogP contribution is 2.64. The van der Waals surface area contributed by atoms with Gasteiger partial charge in [0.2, 0.25) is 11.8 Å². The number of anilines is 1. The molecule has 8 heteroatoms. The van der Waals surface area contributed by atoms with Crippen molar-refractivity contribution in [2.75, 3.05) is 31.1 Å². The van der Waals surface area contributed by atoms with Crippen molar-refractivity contribution in [1.29, 1.82) is 0 Å². The van der Waals surface area contributed by atoms with Crippen molar-refractivity contribution in [3.05, 3.63) is 67.8 Å². The molecule has 0 aliphatic carbocycles. The minimum atomic E-state index is -1.19. The molecular formula is C35H45N3O5. The number of carbonyl (C=O) groups is 3. The second-order valence-corrected chi connectivity index (χ2v) is 12.8. The van der Waals surface area contributed by atoms with E-state index in [9.17, 15) is 19.5 Å². The van der Waals surface area contributed by atoms with Crippen LogP contribution in [0.4, 0.5) is 5.69 Å². The summed E-state index contributed by atoms with van der Waals surface area (Å²) in [5, 5.41) is 12.6. The Balaban J connectivity index is 1.64. The highest BCUT2D eigenvalue weighted by atomic mass is 16.5. The van der Waals surface area contributed by atoms with Gasteiger partial charge in [0.1, 0.15) is 11.6 Å². The average Bonchev–Trinajstić information content (AvgIpc) is 3.56. The molecule has 3 aliphatic heterocycles. The van der Waals surface area contributed by atoms with Crippen LogP contribution >= 0.6 is 0 Å². The van der Waals surface area contributed by atoms with Gasteiger partial charge < -0.3 is 24.5 Å². The van der Waals surface area contributed by atoms with E-state index in [-0.39, 0.29) is 36.8 Å². The summed E-state index contributed by atoms with van der Waals surface area (Å²) >= 11 is 0. The molecule has 43 heavy (non-hydrogen) atoms. The Morgan fingerprint density at radius 2 is 1.79 bits per heavy atom. The van der Waals surface area contributed by atoms with Gasteiger partial charge in [-0.2, -0.15) is 0 Å². The Morgan fingerprint density at radius 3 is 2.42 bits per heavy atom. The molecule has 6 atom stereocenters. The van der Waals surface area contributed by atoms with Crippen molar-refractivity contribution in [2.24, 2.45) is 17.8 Å². The molecule has 8 nitrogen and oxygen atoms in total. The summed E-state index contributed by atoms with van der Waals surface area (Å²) in [5.41, 5.74) is -1.38. The fraction of sp³-hybridized carbons (Fsp3) is 0.514. The van der Waals surface area contributed by atoms with Crippen LogP contribution < -0.4 is 4.90 Å². The number of likely N-dealkylation sites (tertiary alicyclic amines) is 1. The molecule has 3 fully saturated rings. The third-order valence-electron chi connectivity index (χ3n) is 9.81. The van der Waals surface area contributed by atoms with Crippen LogP contribution in [0.5, 0.6) is 0 Å². The quantitative estimate of drug-likeness (QED) is 0.368. The minimum absolute atomic E-state index is 0.132. The molecule has 1 N–H and O–H groups in total. The van der Waals surface area contributed by atoms with E-state index in [1.165, 1.54) is 0 Å². The molecular weight excluding hydrogens is 542 g/mol. The lowest BCUT2D eigenvalue weighted by atomic mass is 9.66. The third-order valence-corrected chi connectivity index (χ3v) is 9.81. The summed E-state index contributed by atoms with van der Waals surface area (Å²) in [5.74, 6) is -2.42.